The Morgan fingerprint density at radius 2 is 1.55 bits per heavy atom. The predicted molar refractivity (Wildman–Crippen MR) is 77.0 cm³/mol. The fraction of sp³-hybridized carbons (Fsp3) is 0.0714. The molecule has 0 aliphatic carbocycles. The molecule has 0 saturated carbocycles. The molecule has 0 aliphatic heterocycles. The first-order valence-electron chi connectivity index (χ1n) is 5.94. The third-order valence-corrected chi connectivity index (χ3v) is 2.77. The highest BCUT2D eigenvalue weighted by atomic mass is 16.6. The fourth-order valence-electron chi connectivity index (χ4n) is 1.66. The Balaban J connectivity index is 2.08. The molecule has 0 heterocycles. The maximum atomic E-state index is 12.0. The normalized spacial score (nSPS) is 9.85. The topological polar surface area (TPSA) is 84.3 Å². The number of anilines is 2. The molecule has 6 heteroatoms. The number of hydrogen-bond donors (Lipinski definition) is 2. The first-order chi connectivity index (χ1) is 9.60. The molecular weight excluding hydrogens is 258 g/mol. The zero-order valence-corrected chi connectivity index (χ0v) is 10.8. The molecule has 0 unspecified atom stereocenters. The summed E-state index contributed by atoms with van der Waals surface area (Å²) in [6, 6.07) is 12.7. The fourth-order valence-corrected chi connectivity index (χ4v) is 1.66. The summed E-state index contributed by atoms with van der Waals surface area (Å²) in [6.07, 6.45) is 0. The Morgan fingerprint density at radius 3 is 2.05 bits per heavy atom. The van der Waals surface area contributed by atoms with Gasteiger partial charge in [0.25, 0.3) is 11.6 Å². The minimum absolute atomic E-state index is 0.0126. The summed E-state index contributed by atoms with van der Waals surface area (Å²) in [5.41, 5.74) is 1.93. The lowest BCUT2D eigenvalue weighted by Gasteiger charge is -2.06. The van der Waals surface area contributed by atoms with E-state index in [-0.39, 0.29) is 11.6 Å². The van der Waals surface area contributed by atoms with Crippen LogP contribution in [0.15, 0.2) is 48.5 Å². The molecule has 0 fully saturated rings. The average Bonchev–Trinajstić information content (AvgIpc) is 2.48. The van der Waals surface area contributed by atoms with Gasteiger partial charge in [0.2, 0.25) is 0 Å². The van der Waals surface area contributed by atoms with Crippen molar-refractivity contribution >= 4 is 23.0 Å². The standard InChI is InChI=1S/C14H13N3O3/c1-15-11-4-2-10(3-5-11)14(18)16-12-6-8-13(9-7-12)17(19)20/h2-9,15H,1H3,(H,16,18). The summed E-state index contributed by atoms with van der Waals surface area (Å²) in [4.78, 5) is 22.0. The van der Waals surface area contributed by atoms with Crippen molar-refractivity contribution in [3.8, 4) is 0 Å². The van der Waals surface area contributed by atoms with Crippen molar-refractivity contribution in [1.29, 1.82) is 0 Å². The lowest BCUT2D eigenvalue weighted by Crippen LogP contribution is -2.11. The van der Waals surface area contributed by atoms with Crippen molar-refractivity contribution in [2.24, 2.45) is 0 Å². The van der Waals surface area contributed by atoms with Crippen LogP contribution < -0.4 is 10.6 Å². The molecule has 0 radical (unpaired) electrons. The number of carbonyl (C=O) groups is 1. The quantitative estimate of drug-likeness (QED) is 0.661. The molecule has 102 valence electrons. The molecule has 20 heavy (non-hydrogen) atoms. The highest BCUT2D eigenvalue weighted by molar-refractivity contribution is 6.04. The predicted octanol–water partition coefficient (Wildman–Crippen LogP) is 2.89. The maximum absolute atomic E-state index is 12.0. The van der Waals surface area contributed by atoms with Crippen LogP contribution in [0.2, 0.25) is 0 Å². The number of hydrogen-bond acceptors (Lipinski definition) is 4. The van der Waals surface area contributed by atoms with Crippen molar-refractivity contribution in [2.75, 3.05) is 17.7 Å². The van der Waals surface area contributed by atoms with E-state index in [1.807, 2.05) is 0 Å². The maximum Gasteiger partial charge on any atom is 0.269 e. The highest BCUT2D eigenvalue weighted by Gasteiger charge is 2.08. The van der Waals surface area contributed by atoms with E-state index >= 15 is 0 Å². The number of nitrogens with one attached hydrogen (secondary N) is 2. The van der Waals surface area contributed by atoms with Crippen LogP contribution in [-0.2, 0) is 0 Å². The first-order valence-corrected chi connectivity index (χ1v) is 5.94. The molecule has 2 aromatic carbocycles. The molecule has 0 spiro atoms. The summed E-state index contributed by atoms with van der Waals surface area (Å²) in [7, 11) is 1.80. The third kappa shape index (κ3) is 3.11. The van der Waals surface area contributed by atoms with Crippen molar-refractivity contribution in [3.63, 3.8) is 0 Å². The van der Waals surface area contributed by atoms with E-state index in [0.717, 1.165) is 5.69 Å². The molecule has 0 saturated heterocycles. The second-order valence-corrected chi connectivity index (χ2v) is 4.09. The number of non-ortho nitro benzene ring substituents is 1. The van der Waals surface area contributed by atoms with Crippen molar-refractivity contribution in [1.82, 2.24) is 0 Å². The third-order valence-electron chi connectivity index (χ3n) is 2.77. The Bertz CT molecular complexity index is 621. The number of amides is 1. The van der Waals surface area contributed by atoms with E-state index in [1.54, 1.807) is 31.3 Å². The molecule has 1 amide bonds. The van der Waals surface area contributed by atoms with Crippen molar-refractivity contribution in [3.05, 3.63) is 64.2 Å². The Hall–Kier alpha value is -2.89. The average molecular weight is 271 g/mol. The van der Waals surface area contributed by atoms with Gasteiger partial charge in [-0.15, -0.1) is 0 Å². The zero-order chi connectivity index (χ0) is 14.5. The second-order valence-electron chi connectivity index (χ2n) is 4.09. The van der Waals surface area contributed by atoms with E-state index in [9.17, 15) is 14.9 Å². The van der Waals surface area contributed by atoms with Crippen LogP contribution in [0.5, 0.6) is 0 Å². The van der Waals surface area contributed by atoms with Gasteiger partial charge >= 0.3 is 0 Å². The van der Waals surface area contributed by atoms with Crippen LogP contribution in [0.1, 0.15) is 10.4 Å². The monoisotopic (exact) mass is 271 g/mol. The summed E-state index contributed by atoms with van der Waals surface area (Å²) >= 11 is 0. The van der Waals surface area contributed by atoms with E-state index in [4.69, 9.17) is 0 Å². The zero-order valence-electron chi connectivity index (χ0n) is 10.8. The van der Waals surface area contributed by atoms with Gasteiger partial charge < -0.3 is 10.6 Å². The SMILES string of the molecule is CNc1ccc(C(=O)Nc2ccc([N+](=O)[O-])cc2)cc1. The van der Waals surface area contributed by atoms with E-state index < -0.39 is 4.92 Å². The van der Waals surface area contributed by atoms with Gasteiger partial charge in [0, 0.05) is 36.1 Å². The lowest BCUT2D eigenvalue weighted by molar-refractivity contribution is -0.384. The van der Waals surface area contributed by atoms with Crippen LogP contribution in [0.3, 0.4) is 0 Å². The number of nitro benzene ring substituents is 1. The summed E-state index contributed by atoms with van der Waals surface area (Å²) < 4.78 is 0. The van der Waals surface area contributed by atoms with Crippen LogP contribution in [0, 0.1) is 10.1 Å². The van der Waals surface area contributed by atoms with Gasteiger partial charge in [0.05, 0.1) is 4.92 Å². The molecule has 2 rings (SSSR count). The number of nitro groups is 1. The van der Waals surface area contributed by atoms with E-state index in [0.29, 0.717) is 11.3 Å². The molecule has 0 aromatic heterocycles. The van der Waals surface area contributed by atoms with Crippen LogP contribution >= 0.6 is 0 Å². The number of benzene rings is 2. The van der Waals surface area contributed by atoms with Gasteiger partial charge in [-0.2, -0.15) is 0 Å². The molecule has 0 atom stereocenters. The minimum atomic E-state index is -0.484. The van der Waals surface area contributed by atoms with E-state index in [1.165, 1.54) is 24.3 Å². The Kier molecular flexibility index (Phi) is 3.95. The van der Waals surface area contributed by atoms with Gasteiger partial charge in [-0.25, -0.2) is 0 Å². The van der Waals surface area contributed by atoms with Gasteiger partial charge in [-0.1, -0.05) is 0 Å². The van der Waals surface area contributed by atoms with Gasteiger partial charge in [-0.05, 0) is 36.4 Å². The van der Waals surface area contributed by atoms with Crippen LogP contribution in [0.25, 0.3) is 0 Å². The number of carbonyl (C=O) groups excluding carboxylic acids is 1. The van der Waals surface area contributed by atoms with Crippen LogP contribution in [-0.4, -0.2) is 17.9 Å². The largest absolute Gasteiger partial charge is 0.388 e. The van der Waals surface area contributed by atoms with Crippen molar-refractivity contribution in [2.45, 2.75) is 0 Å². The number of nitrogens with zero attached hydrogens (tertiary/aromatic N) is 1. The second kappa shape index (κ2) is 5.83. The molecule has 0 aliphatic rings. The number of rotatable bonds is 4. The molecule has 0 bridgehead atoms. The summed E-state index contributed by atoms with van der Waals surface area (Å²) in [6.45, 7) is 0. The lowest BCUT2D eigenvalue weighted by atomic mass is 10.2. The van der Waals surface area contributed by atoms with Gasteiger partial charge in [0.1, 0.15) is 0 Å². The summed E-state index contributed by atoms with van der Waals surface area (Å²) in [5, 5.41) is 16.2. The minimum Gasteiger partial charge on any atom is -0.388 e. The van der Waals surface area contributed by atoms with Gasteiger partial charge in [0.15, 0.2) is 0 Å². The Morgan fingerprint density at radius 1 is 1.00 bits per heavy atom. The Labute approximate surface area is 115 Å². The smallest absolute Gasteiger partial charge is 0.269 e. The highest BCUT2D eigenvalue weighted by Crippen LogP contribution is 2.16. The molecular formula is C14H13N3O3. The van der Waals surface area contributed by atoms with E-state index in [2.05, 4.69) is 10.6 Å². The van der Waals surface area contributed by atoms with Crippen molar-refractivity contribution < 1.29 is 9.72 Å². The molecule has 2 aromatic rings. The summed E-state index contributed by atoms with van der Waals surface area (Å²) in [5.74, 6) is -0.262. The molecule has 2 N–H and O–H groups in total. The van der Waals surface area contributed by atoms with Gasteiger partial charge in [-0.3, -0.25) is 14.9 Å². The molecule has 6 nitrogen and oxygen atoms in total. The first kappa shape index (κ1) is 13.5. The van der Waals surface area contributed by atoms with Crippen LogP contribution in [0.4, 0.5) is 17.1 Å².